The molecule has 0 unspecified atom stereocenters. The van der Waals surface area contributed by atoms with Crippen molar-refractivity contribution < 1.29 is 4.79 Å². The van der Waals surface area contributed by atoms with Crippen molar-refractivity contribution >= 4 is 34.6 Å². The van der Waals surface area contributed by atoms with Crippen LogP contribution in [0, 0.1) is 0 Å². The summed E-state index contributed by atoms with van der Waals surface area (Å²) < 4.78 is 3.86. The molecular weight excluding hydrogens is 448 g/mol. The van der Waals surface area contributed by atoms with E-state index in [1.807, 2.05) is 55.9 Å². The zero-order chi connectivity index (χ0) is 25.5. The van der Waals surface area contributed by atoms with Gasteiger partial charge >= 0.3 is 0 Å². The fourth-order valence-electron chi connectivity index (χ4n) is 3.77. The average molecular weight is 481 g/mol. The van der Waals surface area contributed by atoms with Crippen LogP contribution in [0.15, 0.2) is 91.3 Å². The molecule has 2 aromatic carbocycles. The van der Waals surface area contributed by atoms with Crippen LogP contribution in [-0.2, 0) is 10.2 Å². The number of amides is 1. The lowest BCUT2D eigenvalue weighted by molar-refractivity contribution is -0.105. The van der Waals surface area contributed by atoms with Crippen LogP contribution < -0.4 is 10.6 Å². The Morgan fingerprint density at radius 2 is 1.81 bits per heavy atom. The molecular formula is C29H32N6O. The highest BCUT2D eigenvalue weighted by molar-refractivity contribution is 5.77. The second-order valence-corrected chi connectivity index (χ2v) is 9.40. The molecule has 1 aliphatic rings. The second-order valence-electron chi connectivity index (χ2n) is 9.40. The van der Waals surface area contributed by atoms with E-state index in [0.717, 1.165) is 40.2 Å². The summed E-state index contributed by atoms with van der Waals surface area (Å²) in [5, 5.41) is 10.4. The van der Waals surface area contributed by atoms with E-state index >= 15 is 0 Å². The topological polar surface area (TPSA) is 76.8 Å². The highest BCUT2D eigenvalue weighted by atomic mass is 16.1. The van der Waals surface area contributed by atoms with E-state index in [0.29, 0.717) is 12.2 Å². The van der Waals surface area contributed by atoms with Crippen molar-refractivity contribution in [3.8, 4) is 5.69 Å². The van der Waals surface area contributed by atoms with Gasteiger partial charge in [0.2, 0.25) is 6.41 Å². The summed E-state index contributed by atoms with van der Waals surface area (Å²) in [5.74, 6) is 0.686. The lowest BCUT2D eigenvalue weighted by Crippen LogP contribution is -2.12. The van der Waals surface area contributed by atoms with Gasteiger partial charge in [0, 0.05) is 29.9 Å². The summed E-state index contributed by atoms with van der Waals surface area (Å²) in [7, 11) is 1.92. The number of allylic oxidation sites excluding steroid dienone is 6. The fraction of sp³-hybridized carbons (Fsp3) is 0.207. The predicted octanol–water partition coefficient (Wildman–Crippen LogP) is 6.17. The molecule has 2 heterocycles. The third-order valence-corrected chi connectivity index (χ3v) is 5.78. The summed E-state index contributed by atoms with van der Waals surface area (Å²) in [6, 6.07) is 18.3. The van der Waals surface area contributed by atoms with Gasteiger partial charge in [-0.05, 0) is 55.0 Å². The van der Waals surface area contributed by atoms with Crippen LogP contribution in [-0.4, -0.2) is 32.8 Å². The molecule has 0 atom stereocenters. The molecule has 184 valence electrons. The number of hydrogen-bond acceptors (Lipinski definition) is 4. The minimum Gasteiger partial charge on any atom is -0.388 e. The summed E-state index contributed by atoms with van der Waals surface area (Å²) >= 11 is 0. The predicted molar refractivity (Wildman–Crippen MR) is 148 cm³/mol. The van der Waals surface area contributed by atoms with E-state index in [9.17, 15) is 4.79 Å². The summed E-state index contributed by atoms with van der Waals surface area (Å²) in [5.41, 5.74) is 6.20. The van der Waals surface area contributed by atoms with Gasteiger partial charge in [-0.3, -0.25) is 9.36 Å². The van der Waals surface area contributed by atoms with Crippen LogP contribution in [0.25, 0.3) is 22.4 Å². The van der Waals surface area contributed by atoms with E-state index in [1.165, 1.54) is 0 Å². The molecule has 2 N–H and O–H groups in total. The van der Waals surface area contributed by atoms with Crippen LogP contribution in [0.5, 0.6) is 0 Å². The van der Waals surface area contributed by atoms with Gasteiger partial charge in [0.15, 0.2) is 0 Å². The molecule has 4 aromatic rings. The summed E-state index contributed by atoms with van der Waals surface area (Å²) in [6.45, 7) is 6.30. The Balaban J connectivity index is 0.000000170. The molecule has 0 saturated heterocycles. The zero-order valence-corrected chi connectivity index (χ0v) is 21.1. The van der Waals surface area contributed by atoms with Gasteiger partial charge < -0.3 is 10.6 Å². The smallest absolute Gasteiger partial charge is 0.212 e. The number of benzene rings is 2. The number of nitrogens with one attached hydrogen (secondary N) is 2. The van der Waals surface area contributed by atoms with Crippen molar-refractivity contribution in [2.45, 2.75) is 32.6 Å². The Morgan fingerprint density at radius 1 is 1.03 bits per heavy atom. The lowest BCUT2D eigenvalue weighted by Gasteiger charge is -2.14. The first-order chi connectivity index (χ1) is 17.4. The molecule has 1 aliphatic carbocycles. The molecule has 2 aromatic heterocycles. The Hall–Kier alpha value is -4.39. The number of para-hydroxylation sites is 2. The van der Waals surface area contributed by atoms with E-state index < -0.39 is 0 Å². The number of rotatable bonds is 5. The van der Waals surface area contributed by atoms with E-state index in [2.05, 4.69) is 88.5 Å². The minimum atomic E-state index is -0.0601. The minimum absolute atomic E-state index is 0.0601. The van der Waals surface area contributed by atoms with Crippen LogP contribution in [0.2, 0.25) is 0 Å². The van der Waals surface area contributed by atoms with Crippen molar-refractivity contribution in [1.29, 1.82) is 0 Å². The summed E-state index contributed by atoms with van der Waals surface area (Å²) in [4.78, 5) is 15.1. The van der Waals surface area contributed by atoms with Crippen LogP contribution in [0.4, 0.5) is 11.5 Å². The number of hydrogen-bond donors (Lipinski definition) is 2. The third kappa shape index (κ3) is 5.63. The monoisotopic (exact) mass is 480 g/mol. The molecule has 5 rings (SSSR count). The van der Waals surface area contributed by atoms with Crippen LogP contribution >= 0.6 is 0 Å². The molecule has 0 fully saturated rings. The Bertz CT molecular complexity index is 1410. The normalized spacial score (nSPS) is 12.9. The van der Waals surface area contributed by atoms with Crippen molar-refractivity contribution in [2.24, 2.45) is 0 Å². The van der Waals surface area contributed by atoms with E-state index in [1.54, 1.807) is 4.68 Å². The lowest BCUT2D eigenvalue weighted by atomic mass is 9.92. The quantitative estimate of drug-likeness (QED) is 0.335. The van der Waals surface area contributed by atoms with Gasteiger partial charge in [-0.25, -0.2) is 9.67 Å². The SMILES string of the molecule is CC(C)(C)c1cc(NC=O)n(C2=CC=CCC=C2)n1.CNc1ccc(-n2cnc3ccccc32)cc1. The highest BCUT2D eigenvalue weighted by Crippen LogP contribution is 2.26. The Morgan fingerprint density at radius 3 is 2.53 bits per heavy atom. The molecule has 1 amide bonds. The largest absolute Gasteiger partial charge is 0.388 e. The maximum atomic E-state index is 10.7. The average Bonchev–Trinajstić information content (AvgIpc) is 3.41. The molecule has 7 nitrogen and oxygen atoms in total. The molecule has 0 aliphatic heterocycles. The van der Waals surface area contributed by atoms with Gasteiger partial charge in [0.05, 0.1) is 22.4 Å². The van der Waals surface area contributed by atoms with Crippen LogP contribution in [0.1, 0.15) is 32.9 Å². The van der Waals surface area contributed by atoms with Gasteiger partial charge in [-0.1, -0.05) is 51.1 Å². The molecule has 7 heteroatoms. The first kappa shape index (κ1) is 24.7. The van der Waals surface area contributed by atoms with Crippen molar-refractivity contribution in [3.05, 3.63) is 97.0 Å². The highest BCUT2D eigenvalue weighted by Gasteiger charge is 2.20. The van der Waals surface area contributed by atoms with Crippen molar-refractivity contribution in [2.75, 3.05) is 17.7 Å². The number of aromatic nitrogens is 4. The molecule has 0 spiro atoms. The second kappa shape index (κ2) is 10.9. The molecule has 36 heavy (non-hydrogen) atoms. The Kier molecular flexibility index (Phi) is 7.49. The number of carbonyl (C=O) groups excluding carboxylic acids is 1. The zero-order valence-electron chi connectivity index (χ0n) is 21.1. The molecule has 0 saturated carbocycles. The van der Waals surface area contributed by atoms with Gasteiger partial charge in [-0.15, -0.1) is 0 Å². The third-order valence-electron chi connectivity index (χ3n) is 5.78. The summed E-state index contributed by atoms with van der Waals surface area (Å²) in [6.07, 6.45) is 13.6. The maximum Gasteiger partial charge on any atom is 0.212 e. The number of fused-ring (bicyclic) bond motifs is 1. The molecule has 0 radical (unpaired) electrons. The van der Waals surface area contributed by atoms with Gasteiger partial charge in [0.1, 0.15) is 12.1 Å². The first-order valence-corrected chi connectivity index (χ1v) is 12.0. The van der Waals surface area contributed by atoms with Crippen molar-refractivity contribution in [3.63, 3.8) is 0 Å². The van der Waals surface area contributed by atoms with E-state index in [-0.39, 0.29) is 5.41 Å². The van der Waals surface area contributed by atoms with Crippen molar-refractivity contribution in [1.82, 2.24) is 19.3 Å². The van der Waals surface area contributed by atoms with Crippen LogP contribution in [0.3, 0.4) is 0 Å². The van der Waals surface area contributed by atoms with Gasteiger partial charge in [-0.2, -0.15) is 5.10 Å². The van der Waals surface area contributed by atoms with Gasteiger partial charge in [0.25, 0.3) is 0 Å². The maximum absolute atomic E-state index is 10.7. The number of carbonyl (C=O) groups is 1. The molecule has 0 bridgehead atoms. The number of imidazole rings is 1. The number of anilines is 2. The standard InChI is InChI=1S/C15H19N3O.C14H13N3/c1-15(2,3)13-10-14(16-11-19)18(17-13)12-8-6-4-5-7-9-12;1-15-11-6-8-12(9-7-11)17-10-16-13-4-2-3-5-14(13)17/h4,6-11H,5H2,1-3H3,(H,16,19);2-10,15H,1H3. The number of nitrogens with zero attached hydrogens (tertiary/aromatic N) is 4. The Labute approximate surface area is 211 Å². The van der Waals surface area contributed by atoms with E-state index in [4.69, 9.17) is 0 Å². The first-order valence-electron chi connectivity index (χ1n) is 12.0. The fourth-order valence-corrected chi connectivity index (χ4v) is 3.77.